The van der Waals surface area contributed by atoms with Gasteiger partial charge in [0, 0.05) is 42.3 Å². The highest BCUT2D eigenvalue weighted by molar-refractivity contribution is 7.16. The summed E-state index contributed by atoms with van der Waals surface area (Å²) >= 11 is 1.49. The van der Waals surface area contributed by atoms with Gasteiger partial charge in [-0.25, -0.2) is 4.98 Å². The minimum absolute atomic E-state index is 0.165. The van der Waals surface area contributed by atoms with Crippen LogP contribution in [0, 0.1) is 6.92 Å². The van der Waals surface area contributed by atoms with Crippen molar-refractivity contribution in [2.24, 2.45) is 0 Å². The standard InChI is InChI=1S/C25H26N4O2S/c1-17-7-9-18(10-8-17)23(30)27-25-26-22-20(11-12-21(22)32-25)24(31)29-15-13-28(14-16-29)19-5-3-2-4-6-19/h2-10,20H,11-16H2,1H3,(H,26,27,30). The molecule has 7 heteroatoms. The molecule has 1 saturated heterocycles. The Labute approximate surface area is 191 Å². The second kappa shape index (κ2) is 8.74. The second-order valence-electron chi connectivity index (χ2n) is 8.39. The lowest BCUT2D eigenvalue weighted by Crippen LogP contribution is -2.50. The predicted molar refractivity (Wildman–Crippen MR) is 128 cm³/mol. The minimum Gasteiger partial charge on any atom is -0.368 e. The van der Waals surface area contributed by atoms with Gasteiger partial charge in [-0.2, -0.15) is 0 Å². The molecule has 1 unspecified atom stereocenters. The number of hydrogen-bond donors (Lipinski definition) is 1. The molecule has 1 aromatic heterocycles. The normalized spacial score (nSPS) is 17.8. The number of nitrogens with one attached hydrogen (secondary N) is 1. The minimum atomic E-state index is -0.199. The van der Waals surface area contributed by atoms with Crippen LogP contribution in [-0.4, -0.2) is 47.9 Å². The Morgan fingerprint density at radius 1 is 1.00 bits per heavy atom. The van der Waals surface area contributed by atoms with Crippen LogP contribution in [0.1, 0.15) is 38.8 Å². The number of piperazine rings is 1. The van der Waals surface area contributed by atoms with E-state index in [-0.39, 0.29) is 17.7 Å². The van der Waals surface area contributed by atoms with Gasteiger partial charge in [0.1, 0.15) is 0 Å². The number of para-hydroxylation sites is 1. The van der Waals surface area contributed by atoms with Crippen molar-refractivity contribution in [1.29, 1.82) is 0 Å². The fourth-order valence-corrected chi connectivity index (χ4v) is 5.47. The molecule has 1 fully saturated rings. The summed E-state index contributed by atoms with van der Waals surface area (Å²) in [5, 5.41) is 3.48. The highest BCUT2D eigenvalue weighted by atomic mass is 32.1. The van der Waals surface area contributed by atoms with E-state index in [1.165, 1.54) is 17.0 Å². The Morgan fingerprint density at radius 3 is 2.44 bits per heavy atom. The van der Waals surface area contributed by atoms with Crippen LogP contribution in [-0.2, 0) is 11.2 Å². The SMILES string of the molecule is Cc1ccc(C(=O)Nc2nc3c(s2)CCC3C(=O)N2CCN(c3ccccc3)CC2)cc1. The number of aryl methyl sites for hydroxylation is 2. The highest BCUT2D eigenvalue weighted by Crippen LogP contribution is 2.39. The summed E-state index contributed by atoms with van der Waals surface area (Å²) in [6, 6.07) is 17.8. The quantitative estimate of drug-likeness (QED) is 0.656. The largest absolute Gasteiger partial charge is 0.368 e. The third kappa shape index (κ3) is 4.12. The van der Waals surface area contributed by atoms with Gasteiger partial charge in [0.2, 0.25) is 5.91 Å². The second-order valence-corrected chi connectivity index (χ2v) is 9.47. The van der Waals surface area contributed by atoms with Gasteiger partial charge in [-0.05, 0) is 44.0 Å². The lowest BCUT2D eigenvalue weighted by Gasteiger charge is -2.37. The monoisotopic (exact) mass is 446 g/mol. The first-order valence-electron chi connectivity index (χ1n) is 11.0. The topological polar surface area (TPSA) is 65.5 Å². The van der Waals surface area contributed by atoms with E-state index in [2.05, 4.69) is 27.3 Å². The zero-order chi connectivity index (χ0) is 22.1. The third-order valence-corrected chi connectivity index (χ3v) is 7.31. The van der Waals surface area contributed by atoms with Gasteiger partial charge in [-0.3, -0.25) is 14.9 Å². The Morgan fingerprint density at radius 2 is 1.72 bits per heavy atom. The number of thiazole rings is 1. The molecule has 1 N–H and O–H groups in total. The first-order chi connectivity index (χ1) is 15.6. The molecule has 164 valence electrons. The van der Waals surface area contributed by atoms with Crippen LogP contribution in [0.25, 0.3) is 0 Å². The third-order valence-electron chi connectivity index (χ3n) is 6.26. The maximum atomic E-state index is 13.3. The molecule has 0 saturated carbocycles. The van der Waals surface area contributed by atoms with Crippen LogP contribution in [0.15, 0.2) is 54.6 Å². The number of anilines is 2. The maximum Gasteiger partial charge on any atom is 0.257 e. The Bertz CT molecular complexity index is 1120. The van der Waals surface area contributed by atoms with Crippen LogP contribution in [0.4, 0.5) is 10.8 Å². The Kier molecular flexibility index (Phi) is 5.66. The number of carbonyl (C=O) groups is 2. The average Bonchev–Trinajstić information content (AvgIpc) is 3.40. The van der Waals surface area contributed by atoms with E-state index >= 15 is 0 Å². The number of carbonyl (C=O) groups excluding carboxylic acids is 2. The van der Waals surface area contributed by atoms with Gasteiger partial charge < -0.3 is 9.80 Å². The molecule has 2 aromatic carbocycles. The molecule has 2 heterocycles. The highest BCUT2D eigenvalue weighted by Gasteiger charge is 2.36. The van der Waals surface area contributed by atoms with Gasteiger partial charge in [0.25, 0.3) is 5.91 Å². The number of rotatable bonds is 4. The number of nitrogens with zero attached hydrogens (tertiary/aromatic N) is 3. The Balaban J connectivity index is 1.23. The molecule has 0 bridgehead atoms. The summed E-state index contributed by atoms with van der Waals surface area (Å²) in [5.41, 5.74) is 3.77. The summed E-state index contributed by atoms with van der Waals surface area (Å²) in [7, 11) is 0. The van der Waals surface area contributed by atoms with Gasteiger partial charge in [0.15, 0.2) is 5.13 Å². The molecule has 2 amide bonds. The van der Waals surface area contributed by atoms with Crippen molar-refractivity contribution in [3.05, 3.63) is 76.3 Å². The summed E-state index contributed by atoms with van der Waals surface area (Å²) in [5.74, 6) is -0.204. The van der Waals surface area contributed by atoms with E-state index in [1.54, 1.807) is 0 Å². The van der Waals surface area contributed by atoms with E-state index in [1.807, 2.05) is 54.3 Å². The zero-order valence-corrected chi connectivity index (χ0v) is 18.9. The first kappa shape index (κ1) is 20.7. The van der Waals surface area contributed by atoms with Crippen LogP contribution >= 0.6 is 11.3 Å². The summed E-state index contributed by atoms with van der Waals surface area (Å²) in [6.45, 7) is 5.11. The molecular formula is C25H26N4O2S. The van der Waals surface area contributed by atoms with Crippen molar-refractivity contribution in [3.63, 3.8) is 0 Å². The average molecular weight is 447 g/mol. The molecule has 3 aromatic rings. The van der Waals surface area contributed by atoms with Gasteiger partial charge in [-0.15, -0.1) is 11.3 Å². The van der Waals surface area contributed by atoms with Crippen LogP contribution < -0.4 is 10.2 Å². The van der Waals surface area contributed by atoms with Gasteiger partial charge >= 0.3 is 0 Å². The Hall–Kier alpha value is -3.19. The molecule has 1 atom stereocenters. The first-order valence-corrected chi connectivity index (χ1v) is 11.9. The molecule has 6 nitrogen and oxygen atoms in total. The number of benzene rings is 2. The number of aromatic nitrogens is 1. The summed E-state index contributed by atoms with van der Waals surface area (Å²) < 4.78 is 0. The van der Waals surface area contributed by atoms with Crippen molar-refractivity contribution >= 4 is 34.0 Å². The molecule has 0 radical (unpaired) electrons. The summed E-state index contributed by atoms with van der Waals surface area (Å²) in [4.78, 5) is 35.9. The number of hydrogen-bond acceptors (Lipinski definition) is 5. The number of fused-ring (bicyclic) bond motifs is 1. The van der Waals surface area contributed by atoms with Crippen LogP contribution in [0.3, 0.4) is 0 Å². The predicted octanol–water partition coefficient (Wildman–Crippen LogP) is 4.08. The lowest BCUT2D eigenvalue weighted by atomic mass is 10.1. The van der Waals surface area contributed by atoms with Crippen molar-refractivity contribution in [2.75, 3.05) is 36.4 Å². The van der Waals surface area contributed by atoms with Gasteiger partial charge in [0.05, 0.1) is 11.6 Å². The van der Waals surface area contributed by atoms with E-state index in [4.69, 9.17) is 0 Å². The van der Waals surface area contributed by atoms with Crippen molar-refractivity contribution in [2.45, 2.75) is 25.7 Å². The van der Waals surface area contributed by atoms with Gasteiger partial charge in [-0.1, -0.05) is 35.9 Å². The van der Waals surface area contributed by atoms with E-state index in [0.717, 1.165) is 55.2 Å². The molecule has 1 aliphatic carbocycles. The smallest absolute Gasteiger partial charge is 0.257 e. The van der Waals surface area contributed by atoms with Crippen LogP contribution in [0.2, 0.25) is 0 Å². The fraction of sp³-hybridized carbons (Fsp3) is 0.320. The molecule has 1 aliphatic heterocycles. The lowest BCUT2D eigenvalue weighted by molar-refractivity contribution is -0.133. The van der Waals surface area contributed by atoms with E-state index in [9.17, 15) is 9.59 Å². The zero-order valence-electron chi connectivity index (χ0n) is 18.1. The van der Waals surface area contributed by atoms with Crippen molar-refractivity contribution < 1.29 is 9.59 Å². The van der Waals surface area contributed by atoms with E-state index < -0.39 is 0 Å². The molecule has 5 rings (SSSR count). The molecular weight excluding hydrogens is 420 g/mol. The van der Waals surface area contributed by atoms with Crippen molar-refractivity contribution in [1.82, 2.24) is 9.88 Å². The molecule has 2 aliphatic rings. The molecule has 0 spiro atoms. The number of amides is 2. The molecule has 32 heavy (non-hydrogen) atoms. The van der Waals surface area contributed by atoms with Crippen LogP contribution in [0.5, 0.6) is 0 Å². The summed E-state index contributed by atoms with van der Waals surface area (Å²) in [6.07, 6.45) is 1.64. The van der Waals surface area contributed by atoms with E-state index in [0.29, 0.717) is 10.7 Å². The van der Waals surface area contributed by atoms with Crippen molar-refractivity contribution in [3.8, 4) is 0 Å². The maximum absolute atomic E-state index is 13.3. The fourth-order valence-electron chi connectivity index (χ4n) is 4.44.